The van der Waals surface area contributed by atoms with E-state index < -0.39 is 0 Å². The fraction of sp³-hybridized carbons (Fsp3) is 0. The number of aromatic nitrogens is 2. The average molecular weight is 593 g/mol. The molecule has 190 valence electrons. The molecule has 0 amide bonds. The van der Waals surface area contributed by atoms with Crippen LogP contribution in [-0.4, -0.2) is 15.8 Å². The van der Waals surface area contributed by atoms with Crippen LogP contribution in [0, 0.1) is 0 Å². The molecule has 0 atom stereocenters. The number of benzene rings is 5. The van der Waals surface area contributed by atoms with Gasteiger partial charge in [0.1, 0.15) is 0 Å². The molecule has 2 aliphatic rings. The Labute approximate surface area is 250 Å². The second-order valence-electron chi connectivity index (χ2n) is 10.8. The standard InChI is InChI=1S/C34H17BN2S4/c1-5-13-22-18(9-1)29-33(40-22)35-28-31-26(38-24-15-7-3-11-20(24)36(29)31)17-27-32(28)37(21-12-4-8-16-25(21)39-27)30-19-10-2-6-14-23(19)41-34(30)35/h1-17H. The van der Waals surface area contributed by atoms with Gasteiger partial charge in [0.25, 0.3) is 6.71 Å². The topological polar surface area (TPSA) is 9.86 Å². The van der Waals surface area contributed by atoms with E-state index in [2.05, 4.69) is 112 Å². The summed E-state index contributed by atoms with van der Waals surface area (Å²) in [7, 11) is 0. The molecule has 0 aliphatic carbocycles. The highest BCUT2D eigenvalue weighted by atomic mass is 32.1. The van der Waals surface area contributed by atoms with E-state index in [1.165, 1.54) is 87.4 Å². The van der Waals surface area contributed by atoms with Crippen molar-refractivity contribution in [2.24, 2.45) is 0 Å². The molecule has 0 bridgehead atoms. The Morgan fingerprint density at radius 3 is 1.39 bits per heavy atom. The summed E-state index contributed by atoms with van der Waals surface area (Å²) in [4.78, 5) is 0. The van der Waals surface area contributed by atoms with E-state index in [0.29, 0.717) is 0 Å². The quantitative estimate of drug-likeness (QED) is 0.123. The molecule has 0 spiro atoms. The molecule has 0 saturated heterocycles. The maximum Gasteiger partial charge on any atom is 0.277 e. The van der Waals surface area contributed by atoms with Gasteiger partial charge in [0.05, 0.1) is 52.2 Å². The largest absolute Gasteiger partial charge is 0.307 e. The van der Waals surface area contributed by atoms with E-state index in [4.69, 9.17) is 0 Å². The molecule has 2 aliphatic heterocycles. The molecule has 5 aromatic carbocycles. The lowest BCUT2D eigenvalue weighted by molar-refractivity contribution is 1.18. The first-order valence-corrected chi connectivity index (χ1v) is 17.0. The lowest BCUT2D eigenvalue weighted by Crippen LogP contribution is -2.57. The SMILES string of the molecule is c1ccc2c3c(sc2c1)B1c2sc4ccccc4c2-n2c4ccccc4sc4cc5sc6ccccc6n-3c5c1c42. The zero-order valence-electron chi connectivity index (χ0n) is 21.4. The van der Waals surface area contributed by atoms with Crippen LogP contribution in [0.15, 0.2) is 103 Å². The van der Waals surface area contributed by atoms with E-state index in [0.717, 1.165) is 0 Å². The van der Waals surface area contributed by atoms with Gasteiger partial charge in [0, 0.05) is 29.7 Å². The zero-order chi connectivity index (χ0) is 26.4. The number of nitrogens with zero attached hydrogens (tertiary/aromatic N) is 2. The molecule has 0 radical (unpaired) electrons. The minimum absolute atomic E-state index is 0.211. The van der Waals surface area contributed by atoms with E-state index in [9.17, 15) is 0 Å². The van der Waals surface area contributed by atoms with Gasteiger partial charge in [-0.3, -0.25) is 0 Å². The summed E-state index contributed by atoms with van der Waals surface area (Å²) >= 11 is 7.84. The molecular formula is C34H17BN2S4. The van der Waals surface area contributed by atoms with Crippen LogP contribution >= 0.6 is 45.3 Å². The number of thiophene rings is 2. The van der Waals surface area contributed by atoms with Gasteiger partial charge in [-0.1, -0.05) is 60.7 Å². The maximum absolute atomic E-state index is 2.61. The molecule has 11 rings (SSSR count). The van der Waals surface area contributed by atoms with Crippen LogP contribution in [0.3, 0.4) is 0 Å². The molecule has 0 saturated carbocycles. The molecule has 9 aromatic rings. The Balaban J connectivity index is 1.51. The van der Waals surface area contributed by atoms with Crippen LogP contribution in [-0.2, 0) is 0 Å². The monoisotopic (exact) mass is 592 g/mol. The van der Waals surface area contributed by atoms with E-state index in [1.807, 2.05) is 45.3 Å². The third-order valence-electron chi connectivity index (χ3n) is 8.79. The Morgan fingerprint density at radius 2 is 0.878 bits per heavy atom. The van der Waals surface area contributed by atoms with E-state index in [1.54, 1.807) is 0 Å². The number of fused-ring (bicyclic) bond motifs is 14. The highest BCUT2D eigenvalue weighted by Crippen LogP contribution is 2.44. The predicted molar refractivity (Wildman–Crippen MR) is 184 cm³/mol. The highest BCUT2D eigenvalue weighted by Gasteiger charge is 2.43. The molecule has 2 nitrogen and oxygen atoms in total. The van der Waals surface area contributed by atoms with Crippen molar-refractivity contribution in [3.63, 3.8) is 0 Å². The minimum Gasteiger partial charge on any atom is -0.307 e. The lowest BCUT2D eigenvalue weighted by Gasteiger charge is -2.33. The Morgan fingerprint density at radius 1 is 0.439 bits per heavy atom. The van der Waals surface area contributed by atoms with E-state index >= 15 is 0 Å². The van der Waals surface area contributed by atoms with Crippen molar-refractivity contribution in [2.75, 3.05) is 0 Å². The maximum atomic E-state index is 2.61. The van der Waals surface area contributed by atoms with Crippen LogP contribution in [0.25, 0.3) is 72.4 Å². The second kappa shape index (κ2) is 7.49. The van der Waals surface area contributed by atoms with Gasteiger partial charge in [-0.15, -0.1) is 45.3 Å². The fourth-order valence-corrected chi connectivity index (χ4v) is 12.3. The van der Waals surface area contributed by atoms with Gasteiger partial charge in [-0.2, -0.15) is 0 Å². The molecule has 0 N–H and O–H groups in total. The Kier molecular flexibility index (Phi) is 3.99. The first-order valence-electron chi connectivity index (χ1n) is 13.7. The molecule has 4 aromatic heterocycles. The van der Waals surface area contributed by atoms with E-state index in [-0.39, 0.29) is 6.71 Å². The average Bonchev–Trinajstić information content (AvgIpc) is 3.59. The number of hydrogen-bond acceptors (Lipinski definition) is 4. The third-order valence-corrected chi connectivity index (χ3v) is 13.4. The second-order valence-corrected chi connectivity index (χ2v) is 15.2. The smallest absolute Gasteiger partial charge is 0.277 e. The first-order chi connectivity index (χ1) is 20.3. The molecule has 0 fully saturated rings. The Hall–Kier alpha value is -3.88. The van der Waals surface area contributed by atoms with Crippen molar-refractivity contribution in [3.8, 4) is 11.4 Å². The molecule has 41 heavy (non-hydrogen) atoms. The normalized spacial score (nSPS) is 13.3. The van der Waals surface area contributed by atoms with Gasteiger partial charge in [0.2, 0.25) is 0 Å². The Bertz CT molecular complexity index is 2490. The molecule has 0 unspecified atom stereocenters. The zero-order valence-corrected chi connectivity index (χ0v) is 24.7. The van der Waals surface area contributed by atoms with Gasteiger partial charge in [0.15, 0.2) is 0 Å². The number of hydrogen-bond donors (Lipinski definition) is 0. The first kappa shape index (κ1) is 21.8. The van der Waals surface area contributed by atoms with Crippen molar-refractivity contribution in [1.29, 1.82) is 0 Å². The molecule has 7 heteroatoms. The van der Waals surface area contributed by atoms with Crippen molar-refractivity contribution in [1.82, 2.24) is 9.13 Å². The minimum atomic E-state index is 0.211. The van der Waals surface area contributed by atoms with Crippen LogP contribution in [0.1, 0.15) is 0 Å². The van der Waals surface area contributed by atoms with Gasteiger partial charge < -0.3 is 9.13 Å². The van der Waals surface area contributed by atoms with Crippen molar-refractivity contribution >= 4 is 128 Å². The number of para-hydroxylation sites is 2. The predicted octanol–water partition coefficient (Wildman–Crippen LogP) is 8.70. The number of rotatable bonds is 0. The summed E-state index contributed by atoms with van der Waals surface area (Å²) in [6.07, 6.45) is 0. The van der Waals surface area contributed by atoms with Crippen LogP contribution in [0.5, 0.6) is 0 Å². The summed E-state index contributed by atoms with van der Waals surface area (Å²) in [5, 5.41) is 2.71. The van der Waals surface area contributed by atoms with Gasteiger partial charge >= 0.3 is 0 Å². The summed E-state index contributed by atoms with van der Waals surface area (Å²) in [6.45, 7) is 0.211. The molecule has 6 heterocycles. The highest BCUT2D eigenvalue weighted by molar-refractivity contribution is 7.41. The molecular weight excluding hydrogens is 575 g/mol. The summed E-state index contributed by atoms with van der Waals surface area (Å²) in [6, 6.07) is 38.4. The third kappa shape index (κ3) is 2.56. The van der Waals surface area contributed by atoms with Crippen molar-refractivity contribution in [2.45, 2.75) is 0 Å². The van der Waals surface area contributed by atoms with Crippen molar-refractivity contribution in [3.05, 3.63) is 103 Å². The van der Waals surface area contributed by atoms with Crippen molar-refractivity contribution < 1.29 is 0 Å². The summed E-state index contributed by atoms with van der Waals surface area (Å²) in [5.41, 5.74) is 9.56. The van der Waals surface area contributed by atoms with Crippen LogP contribution in [0.2, 0.25) is 0 Å². The van der Waals surface area contributed by atoms with Gasteiger partial charge in [-0.25, -0.2) is 0 Å². The lowest BCUT2D eigenvalue weighted by atomic mass is 9.40. The van der Waals surface area contributed by atoms with Crippen LogP contribution < -0.4 is 15.0 Å². The van der Waals surface area contributed by atoms with Gasteiger partial charge in [-0.05, 0) is 47.9 Å². The summed E-state index contributed by atoms with van der Waals surface area (Å²) < 4.78 is 16.3. The fourth-order valence-electron chi connectivity index (χ4n) is 7.26. The van der Waals surface area contributed by atoms with Crippen LogP contribution in [0.4, 0.5) is 0 Å². The summed E-state index contributed by atoms with van der Waals surface area (Å²) in [5.74, 6) is 0.